The smallest absolute Gasteiger partial charge is 0.277 e. The van der Waals surface area contributed by atoms with E-state index in [1.54, 1.807) is 14.1 Å². The van der Waals surface area contributed by atoms with Crippen LogP contribution >= 0.6 is 0 Å². The monoisotopic (exact) mass is 201 g/mol. The second kappa shape index (κ2) is 5.07. The fourth-order valence-electron chi connectivity index (χ4n) is 0.651. The van der Waals surface area contributed by atoms with Crippen LogP contribution in [-0.4, -0.2) is 30.9 Å². The average Bonchev–Trinajstić information content (AvgIpc) is 2.00. The summed E-state index contributed by atoms with van der Waals surface area (Å²) in [6.07, 6.45) is 0. The fraction of sp³-hybridized carbons (Fsp3) is 0.429. The molecular formula is C7H15N5O2. The van der Waals surface area contributed by atoms with Gasteiger partial charge in [0.2, 0.25) is 5.91 Å². The molecule has 0 heterocycles. The van der Waals surface area contributed by atoms with Gasteiger partial charge in [-0.05, 0) is 0 Å². The van der Waals surface area contributed by atoms with E-state index in [0.29, 0.717) is 0 Å². The average molecular weight is 201 g/mol. The molecule has 80 valence electrons. The lowest BCUT2D eigenvalue weighted by atomic mass is 10.4. The molecular weight excluding hydrogens is 186 g/mol. The van der Waals surface area contributed by atoms with E-state index in [-0.39, 0.29) is 11.5 Å². The first kappa shape index (κ1) is 12.2. The molecule has 0 atom stereocenters. The molecule has 2 amide bonds. The second-order valence-electron chi connectivity index (χ2n) is 2.84. The van der Waals surface area contributed by atoms with Crippen LogP contribution in [0.5, 0.6) is 0 Å². The van der Waals surface area contributed by atoms with Gasteiger partial charge in [0.15, 0.2) is 0 Å². The lowest BCUT2D eigenvalue weighted by molar-refractivity contribution is -0.127. The predicted molar refractivity (Wildman–Crippen MR) is 51.0 cm³/mol. The van der Waals surface area contributed by atoms with Gasteiger partial charge in [-0.3, -0.25) is 14.9 Å². The third-order valence-electron chi connectivity index (χ3n) is 1.17. The summed E-state index contributed by atoms with van der Waals surface area (Å²) in [4.78, 5) is 21.6. The fourth-order valence-corrected chi connectivity index (χ4v) is 0.651. The SMILES string of the molecule is CC(=O)NC(=O)/C(N)=C(/N)NN(C)C. The van der Waals surface area contributed by atoms with Crippen LogP contribution in [0.15, 0.2) is 11.5 Å². The van der Waals surface area contributed by atoms with E-state index < -0.39 is 11.8 Å². The summed E-state index contributed by atoms with van der Waals surface area (Å²) in [5, 5.41) is 3.51. The van der Waals surface area contributed by atoms with Crippen molar-refractivity contribution in [3.63, 3.8) is 0 Å². The molecule has 0 aromatic rings. The van der Waals surface area contributed by atoms with Gasteiger partial charge in [-0.15, -0.1) is 0 Å². The molecule has 0 rings (SSSR count). The molecule has 7 nitrogen and oxygen atoms in total. The summed E-state index contributed by atoms with van der Waals surface area (Å²) in [5.74, 6) is -1.21. The number of hydrazine groups is 1. The Labute approximate surface area is 82.1 Å². The topological polar surface area (TPSA) is 113 Å². The summed E-state index contributed by atoms with van der Waals surface area (Å²) in [7, 11) is 3.37. The van der Waals surface area contributed by atoms with E-state index in [1.165, 1.54) is 11.9 Å². The van der Waals surface area contributed by atoms with E-state index in [1.807, 2.05) is 5.32 Å². The molecule has 0 aromatic heterocycles. The number of carbonyl (C=O) groups is 2. The molecule has 0 bridgehead atoms. The van der Waals surface area contributed by atoms with Crippen molar-refractivity contribution < 1.29 is 9.59 Å². The summed E-state index contributed by atoms with van der Waals surface area (Å²) < 4.78 is 0. The maximum Gasteiger partial charge on any atom is 0.277 e. The Bertz CT molecular complexity index is 271. The first-order chi connectivity index (χ1) is 6.34. The number of amides is 2. The zero-order chi connectivity index (χ0) is 11.3. The molecule has 0 unspecified atom stereocenters. The number of imide groups is 1. The molecule has 0 radical (unpaired) electrons. The van der Waals surface area contributed by atoms with Gasteiger partial charge in [0.25, 0.3) is 5.91 Å². The van der Waals surface area contributed by atoms with Gasteiger partial charge in [-0.1, -0.05) is 0 Å². The van der Waals surface area contributed by atoms with Crippen LogP contribution in [0, 0.1) is 0 Å². The summed E-state index contributed by atoms with van der Waals surface area (Å²) in [5.41, 5.74) is 13.1. The van der Waals surface area contributed by atoms with Crippen LogP contribution < -0.4 is 22.2 Å². The van der Waals surface area contributed by atoms with E-state index >= 15 is 0 Å². The molecule has 0 aromatic carbocycles. The van der Waals surface area contributed by atoms with Crippen LogP contribution in [0.1, 0.15) is 6.92 Å². The Morgan fingerprint density at radius 2 is 1.71 bits per heavy atom. The predicted octanol–water partition coefficient (Wildman–Crippen LogP) is -2.20. The first-order valence-electron chi connectivity index (χ1n) is 3.85. The van der Waals surface area contributed by atoms with Crippen molar-refractivity contribution in [2.75, 3.05) is 14.1 Å². The summed E-state index contributed by atoms with van der Waals surface area (Å²) in [6.45, 7) is 1.21. The van der Waals surface area contributed by atoms with Crippen molar-refractivity contribution in [1.82, 2.24) is 15.8 Å². The number of rotatable bonds is 3. The van der Waals surface area contributed by atoms with Gasteiger partial charge >= 0.3 is 0 Å². The Morgan fingerprint density at radius 3 is 2.07 bits per heavy atom. The highest BCUT2D eigenvalue weighted by atomic mass is 16.2. The zero-order valence-corrected chi connectivity index (χ0v) is 8.42. The molecule has 0 aliphatic carbocycles. The highest BCUT2D eigenvalue weighted by Crippen LogP contribution is 1.88. The van der Waals surface area contributed by atoms with Gasteiger partial charge in [-0.25, -0.2) is 5.01 Å². The van der Waals surface area contributed by atoms with Crippen LogP contribution in [-0.2, 0) is 9.59 Å². The third-order valence-corrected chi connectivity index (χ3v) is 1.17. The highest BCUT2D eigenvalue weighted by molar-refractivity contribution is 6.03. The molecule has 7 heteroatoms. The largest absolute Gasteiger partial charge is 0.391 e. The van der Waals surface area contributed by atoms with E-state index in [2.05, 4.69) is 5.43 Å². The van der Waals surface area contributed by atoms with Gasteiger partial charge in [0.05, 0.1) is 0 Å². The number of hydrogen-bond donors (Lipinski definition) is 4. The minimum atomic E-state index is -0.718. The molecule has 0 saturated carbocycles. The molecule has 0 aliphatic rings. The minimum Gasteiger partial charge on any atom is -0.391 e. The molecule has 0 aliphatic heterocycles. The summed E-state index contributed by atoms with van der Waals surface area (Å²) >= 11 is 0. The van der Waals surface area contributed by atoms with Crippen molar-refractivity contribution in [2.24, 2.45) is 11.5 Å². The van der Waals surface area contributed by atoms with Gasteiger partial charge in [0, 0.05) is 21.0 Å². The van der Waals surface area contributed by atoms with Crippen molar-refractivity contribution in [1.29, 1.82) is 0 Å². The summed E-state index contributed by atoms with van der Waals surface area (Å²) in [6, 6.07) is 0. The maximum atomic E-state index is 11.1. The molecule has 0 saturated heterocycles. The second-order valence-corrected chi connectivity index (χ2v) is 2.84. The molecule has 0 spiro atoms. The Hall–Kier alpha value is -1.76. The minimum absolute atomic E-state index is 0.00579. The van der Waals surface area contributed by atoms with Crippen LogP contribution in [0.25, 0.3) is 0 Å². The van der Waals surface area contributed by atoms with Gasteiger partial charge < -0.3 is 16.9 Å². The van der Waals surface area contributed by atoms with Gasteiger partial charge in [-0.2, -0.15) is 0 Å². The lowest BCUT2D eigenvalue weighted by Gasteiger charge is -2.14. The molecule has 0 fully saturated rings. The number of nitrogens with two attached hydrogens (primary N) is 2. The van der Waals surface area contributed by atoms with Crippen LogP contribution in [0.4, 0.5) is 0 Å². The van der Waals surface area contributed by atoms with Gasteiger partial charge in [0.1, 0.15) is 11.5 Å². The highest BCUT2D eigenvalue weighted by Gasteiger charge is 2.11. The standard InChI is InChI=1S/C7H15N5O2/c1-4(13)10-7(14)5(8)6(9)11-12(2)3/h11H,8-9H2,1-3H3,(H,10,13,14)/b6-5+. The van der Waals surface area contributed by atoms with Crippen LogP contribution in [0.3, 0.4) is 0 Å². The number of hydrogen-bond acceptors (Lipinski definition) is 6. The van der Waals surface area contributed by atoms with Crippen LogP contribution in [0.2, 0.25) is 0 Å². The Morgan fingerprint density at radius 1 is 1.21 bits per heavy atom. The quantitative estimate of drug-likeness (QED) is 0.304. The lowest BCUT2D eigenvalue weighted by Crippen LogP contribution is -2.40. The Kier molecular flexibility index (Phi) is 4.44. The number of carbonyl (C=O) groups excluding carboxylic acids is 2. The van der Waals surface area contributed by atoms with E-state index in [0.717, 1.165) is 0 Å². The normalized spacial score (nSPS) is 12.0. The van der Waals surface area contributed by atoms with Crippen molar-refractivity contribution in [3.8, 4) is 0 Å². The third kappa shape index (κ3) is 4.31. The Balaban J connectivity index is 4.48. The van der Waals surface area contributed by atoms with E-state index in [9.17, 15) is 9.59 Å². The maximum absolute atomic E-state index is 11.1. The van der Waals surface area contributed by atoms with E-state index in [4.69, 9.17) is 11.5 Å². The first-order valence-corrected chi connectivity index (χ1v) is 3.85. The zero-order valence-electron chi connectivity index (χ0n) is 8.42. The molecule has 6 N–H and O–H groups in total. The number of nitrogens with one attached hydrogen (secondary N) is 2. The number of nitrogens with zero attached hydrogens (tertiary/aromatic N) is 1. The molecule has 14 heavy (non-hydrogen) atoms. The van der Waals surface area contributed by atoms with Crippen molar-refractivity contribution in [3.05, 3.63) is 11.5 Å². The van der Waals surface area contributed by atoms with Crippen molar-refractivity contribution >= 4 is 11.8 Å². The van der Waals surface area contributed by atoms with Crippen molar-refractivity contribution in [2.45, 2.75) is 6.92 Å².